The Morgan fingerprint density at radius 3 is 2.71 bits per heavy atom. The van der Waals surface area contributed by atoms with Crippen LogP contribution in [-0.4, -0.2) is 21.1 Å². The van der Waals surface area contributed by atoms with E-state index in [9.17, 15) is 9.59 Å². The molecule has 1 heterocycles. The number of nitrogens with zero attached hydrogens (tertiary/aromatic N) is 2. The van der Waals surface area contributed by atoms with Crippen molar-refractivity contribution >= 4 is 17.8 Å². The molecule has 0 amide bonds. The van der Waals surface area contributed by atoms with Gasteiger partial charge in [0.1, 0.15) is 5.78 Å². The van der Waals surface area contributed by atoms with Gasteiger partial charge in [-0.3, -0.25) is 4.79 Å². The SMILES string of the molecule is CC(=O)CCC/C=C/n1c(C)cnc1C(C)=O. The minimum Gasteiger partial charge on any atom is -0.302 e. The number of imidazole rings is 1. The van der Waals surface area contributed by atoms with Crippen LogP contribution in [0.15, 0.2) is 12.3 Å². The van der Waals surface area contributed by atoms with Crippen molar-refractivity contribution in [2.75, 3.05) is 0 Å². The van der Waals surface area contributed by atoms with Gasteiger partial charge in [0.05, 0.1) is 0 Å². The maximum absolute atomic E-state index is 11.3. The Morgan fingerprint density at radius 2 is 2.12 bits per heavy atom. The number of rotatable bonds is 6. The second kappa shape index (κ2) is 6.13. The lowest BCUT2D eigenvalue weighted by molar-refractivity contribution is -0.117. The minimum absolute atomic E-state index is 0.0496. The number of carbonyl (C=O) groups excluding carboxylic acids is 2. The molecule has 0 spiro atoms. The van der Waals surface area contributed by atoms with Gasteiger partial charge >= 0.3 is 0 Å². The number of Topliss-reactive ketones (excluding diaryl/α,β-unsaturated/α-hetero) is 2. The molecule has 0 atom stereocenters. The van der Waals surface area contributed by atoms with Gasteiger partial charge in [-0.2, -0.15) is 0 Å². The molecule has 0 bridgehead atoms. The van der Waals surface area contributed by atoms with E-state index in [0.29, 0.717) is 12.2 Å². The lowest BCUT2D eigenvalue weighted by atomic mass is 10.2. The third kappa shape index (κ3) is 3.98. The summed E-state index contributed by atoms with van der Waals surface area (Å²) >= 11 is 0. The van der Waals surface area contributed by atoms with E-state index in [0.717, 1.165) is 18.5 Å². The Morgan fingerprint density at radius 1 is 1.41 bits per heavy atom. The first-order valence-corrected chi connectivity index (χ1v) is 5.73. The van der Waals surface area contributed by atoms with Gasteiger partial charge in [0, 0.05) is 31.4 Å². The Kier molecular flexibility index (Phi) is 4.82. The highest BCUT2D eigenvalue weighted by Gasteiger charge is 2.08. The number of hydrogen-bond acceptors (Lipinski definition) is 3. The summed E-state index contributed by atoms with van der Waals surface area (Å²) in [5.41, 5.74) is 0.929. The van der Waals surface area contributed by atoms with Crippen LogP contribution in [0.1, 0.15) is 49.4 Å². The van der Waals surface area contributed by atoms with E-state index in [2.05, 4.69) is 4.98 Å². The summed E-state index contributed by atoms with van der Waals surface area (Å²) < 4.78 is 1.77. The van der Waals surface area contributed by atoms with Crippen molar-refractivity contribution in [3.8, 4) is 0 Å². The van der Waals surface area contributed by atoms with Crippen LogP contribution in [0.2, 0.25) is 0 Å². The number of carbonyl (C=O) groups is 2. The van der Waals surface area contributed by atoms with Gasteiger partial charge < -0.3 is 9.36 Å². The predicted octanol–water partition coefficient (Wildman–Crippen LogP) is 2.62. The lowest BCUT2D eigenvalue weighted by Crippen LogP contribution is -2.03. The van der Waals surface area contributed by atoms with E-state index in [-0.39, 0.29) is 11.6 Å². The Balaban J connectivity index is 2.61. The summed E-state index contributed by atoms with van der Waals surface area (Å²) in [5, 5.41) is 0. The normalized spacial score (nSPS) is 11.0. The molecule has 0 aromatic carbocycles. The Labute approximate surface area is 101 Å². The van der Waals surface area contributed by atoms with E-state index in [1.165, 1.54) is 6.92 Å². The Hall–Kier alpha value is -1.71. The first-order valence-electron chi connectivity index (χ1n) is 5.73. The van der Waals surface area contributed by atoms with Gasteiger partial charge in [-0.25, -0.2) is 4.98 Å². The summed E-state index contributed by atoms with van der Waals surface area (Å²) in [6, 6.07) is 0. The van der Waals surface area contributed by atoms with Crippen LogP contribution >= 0.6 is 0 Å². The lowest BCUT2D eigenvalue weighted by Gasteiger charge is -2.01. The fourth-order valence-corrected chi connectivity index (χ4v) is 1.54. The quantitative estimate of drug-likeness (QED) is 0.561. The van der Waals surface area contributed by atoms with Crippen LogP contribution in [0.5, 0.6) is 0 Å². The molecule has 0 aliphatic rings. The number of aromatic nitrogens is 2. The standard InChI is InChI=1S/C13H18N2O2/c1-10-9-14-13(12(3)17)15(10)8-6-4-5-7-11(2)16/h6,8-9H,4-5,7H2,1-3H3/b8-6+. The van der Waals surface area contributed by atoms with E-state index < -0.39 is 0 Å². The summed E-state index contributed by atoms with van der Waals surface area (Å²) in [7, 11) is 0. The number of ketones is 2. The monoisotopic (exact) mass is 234 g/mol. The zero-order valence-electron chi connectivity index (χ0n) is 10.6. The average molecular weight is 234 g/mol. The van der Waals surface area contributed by atoms with Crippen molar-refractivity contribution in [2.45, 2.75) is 40.0 Å². The van der Waals surface area contributed by atoms with Crippen molar-refractivity contribution in [3.63, 3.8) is 0 Å². The van der Waals surface area contributed by atoms with Gasteiger partial charge in [-0.05, 0) is 26.7 Å². The number of allylic oxidation sites excluding steroid dienone is 1. The zero-order chi connectivity index (χ0) is 12.8. The minimum atomic E-state index is -0.0496. The molecule has 0 saturated carbocycles. The molecule has 0 fully saturated rings. The summed E-state index contributed by atoms with van der Waals surface area (Å²) in [6.45, 7) is 5.00. The van der Waals surface area contributed by atoms with Gasteiger partial charge in [-0.15, -0.1) is 0 Å². The third-order valence-corrected chi connectivity index (χ3v) is 2.45. The average Bonchev–Trinajstić information content (AvgIpc) is 2.59. The van der Waals surface area contributed by atoms with Crippen molar-refractivity contribution in [1.29, 1.82) is 0 Å². The maximum Gasteiger partial charge on any atom is 0.195 e. The van der Waals surface area contributed by atoms with Crippen molar-refractivity contribution < 1.29 is 9.59 Å². The molecule has 1 aromatic heterocycles. The molecule has 0 saturated heterocycles. The Bertz CT molecular complexity index is 444. The van der Waals surface area contributed by atoms with E-state index in [1.54, 1.807) is 17.7 Å². The van der Waals surface area contributed by atoms with E-state index in [4.69, 9.17) is 0 Å². The summed E-state index contributed by atoms with van der Waals surface area (Å²) in [4.78, 5) is 26.1. The largest absolute Gasteiger partial charge is 0.302 e. The number of unbranched alkanes of at least 4 members (excludes halogenated alkanes) is 1. The highest BCUT2D eigenvalue weighted by atomic mass is 16.1. The smallest absolute Gasteiger partial charge is 0.195 e. The van der Waals surface area contributed by atoms with E-state index >= 15 is 0 Å². The highest BCUT2D eigenvalue weighted by molar-refractivity contribution is 5.91. The molecule has 0 unspecified atom stereocenters. The molecule has 0 radical (unpaired) electrons. The van der Waals surface area contributed by atoms with Crippen LogP contribution in [0.25, 0.3) is 6.20 Å². The van der Waals surface area contributed by atoms with E-state index in [1.807, 2.05) is 19.2 Å². The van der Waals surface area contributed by atoms with Crippen LogP contribution < -0.4 is 0 Å². The molecule has 4 heteroatoms. The van der Waals surface area contributed by atoms with Gasteiger partial charge in [0.25, 0.3) is 0 Å². The second-order valence-electron chi connectivity index (χ2n) is 4.13. The fraction of sp³-hybridized carbons (Fsp3) is 0.462. The second-order valence-corrected chi connectivity index (χ2v) is 4.13. The number of aryl methyl sites for hydroxylation is 1. The topological polar surface area (TPSA) is 52.0 Å². The fourth-order valence-electron chi connectivity index (χ4n) is 1.54. The van der Waals surface area contributed by atoms with Crippen molar-refractivity contribution in [3.05, 3.63) is 23.8 Å². The molecule has 4 nitrogen and oxygen atoms in total. The first-order chi connectivity index (χ1) is 8.02. The van der Waals surface area contributed by atoms with Gasteiger partial charge in [0.2, 0.25) is 0 Å². The molecule has 0 aliphatic heterocycles. The third-order valence-electron chi connectivity index (χ3n) is 2.45. The van der Waals surface area contributed by atoms with Gasteiger partial charge in [0.15, 0.2) is 11.6 Å². The summed E-state index contributed by atoms with van der Waals surface area (Å²) in [5.74, 6) is 0.610. The molecule has 1 aromatic rings. The van der Waals surface area contributed by atoms with Crippen LogP contribution in [-0.2, 0) is 4.79 Å². The molecule has 1 rings (SSSR count). The van der Waals surface area contributed by atoms with Crippen LogP contribution in [0.4, 0.5) is 0 Å². The molecule has 0 aliphatic carbocycles. The maximum atomic E-state index is 11.3. The first kappa shape index (κ1) is 13.4. The van der Waals surface area contributed by atoms with Crippen molar-refractivity contribution in [2.24, 2.45) is 0 Å². The van der Waals surface area contributed by atoms with Crippen LogP contribution in [0, 0.1) is 6.92 Å². The molecular formula is C13H18N2O2. The van der Waals surface area contributed by atoms with Crippen molar-refractivity contribution in [1.82, 2.24) is 9.55 Å². The zero-order valence-corrected chi connectivity index (χ0v) is 10.6. The summed E-state index contributed by atoms with van der Waals surface area (Å²) in [6.07, 6.45) is 7.76. The van der Waals surface area contributed by atoms with Gasteiger partial charge in [-0.1, -0.05) is 6.08 Å². The predicted molar refractivity (Wildman–Crippen MR) is 66.8 cm³/mol. The molecule has 17 heavy (non-hydrogen) atoms. The number of hydrogen-bond donors (Lipinski definition) is 0. The van der Waals surface area contributed by atoms with Crippen LogP contribution in [0.3, 0.4) is 0 Å². The molecular weight excluding hydrogens is 216 g/mol. The highest BCUT2D eigenvalue weighted by Crippen LogP contribution is 2.07. The molecule has 92 valence electrons. The molecule has 0 N–H and O–H groups in total.